The number of amidine groups is 1. The van der Waals surface area contributed by atoms with Gasteiger partial charge < -0.3 is 21.1 Å². The van der Waals surface area contributed by atoms with E-state index in [4.69, 9.17) is 5.73 Å². The molecule has 1 aliphatic rings. The van der Waals surface area contributed by atoms with Gasteiger partial charge in [-0.25, -0.2) is 0 Å². The summed E-state index contributed by atoms with van der Waals surface area (Å²) in [4.78, 5) is 19.8. The molecule has 1 aliphatic heterocycles. The van der Waals surface area contributed by atoms with E-state index in [1.807, 2.05) is 36.4 Å². The number of carbonyl (C=O) groups is 1. The number of benzene rings is 2. The first-order chi connectivity index (χ1) is 15.0. The Bertz CT molecular complexity index is 1170. The molecule has 3 aromatic rings. The summed E-state index contributed by atoms with van der Waals surface area (Å²) in [5, 5.41) is 13.9. The second-order valence-electron chi connectivity index (χ2n) is 7.60. The van der Waals surface area contributed by atoms with E-state index < -0.39 is 6.10 Å². The molecule has 7 heteroatoms. The number of β-amino-alcohol motifs (C(OH)–C–C–N with tert-alkyl or cyclic N) is 1. The van der Waals surface area contributed by atoms with Gasteiger partial charge in [0.25, 0.3) is 5.91 Å². The molecule has 0 saturated carbocycles. The number of amides is 1. The van der Waals surface area contributed by atoms with Crippen LogP contribution in [-0.2, 0) is 0 Å². The van der Waals surface area contributed by atoms with E-state index in [1.165, 1.54) is 0 Å². The lowest BCUT2D eigenvalue weighted by Gasteiger charge is -2.30. The summed E-state index contributed by atoms with van der Waals surface area (Å²) in [5.41, 5.74) is 9.68. The summed E-state index contributed by atoms with van der Waals surface area (Å²) in [6, 6.07) is 13.8. The van der Waals surface area contributed by atoms with Crippen LogP contribution in [0, 0.1) is 0 Å². The molecule has 4 N–H and O–H groups in total. The molecule has 0 bridgehead atoms. The minimum atomic E-state index is -0.436. The standard InChI is InChI=1S/C24H26N4O2S/c1-3-27-23(26-2)22-21(25)19-10-9-16(13-20(19)31-22)15-6-4-7-17(12-15)24(30)28-11-5-8-18(29)14-28/h3-4,6-7,9-10,12-13,18,29H,1,5,8,11,14,25H2,2H3,(H,26,27). The first-order valence-electron chi connectivity index (χ1n) is 10.3. The van der Waals surface area contributed by atoms with Crippen molar-refractivity contribution in [2.75, 3.05) is 25.9 Å². The number of nitrogens with two attached hydrogens (primary N) is 1. The van der Waals surface area contributed by atoms with Gasteiger partial charge in [0, 0.05) is 35.8 Å². The predicted octanol–water partition coefficient (Wildman–Crippen LogP) is 3.86. The molecular weight excluding hydrogens is 408 g/mol. The van der Waals surface area contributed by atoms with Crippen LogP contribution in [-0.4, -0.2) is 48.0 Å². The summed E-state index contributed by atoms with van der Waals surface area (Å²) in [6.07, 6.45) is 2.73. The Kier molecular flexibility index (Phi) is 6.06. The Hall–Kier alpha value is -3.16. The molecule has 0 aliphatic carbocycles. The molecule has 6 nitrogen and oxygen atoms in total. The zero-order chi connectivity index (χ0) is 22.0. The van der Waals surface area contributed by atoms with Gasteiger partial charge >= 0.3 is 0 Å². The average Bonchev–Trinajstić information content (AvgIpc) is 3.12. The Morgan fingerprint density at radius 3 is 2.87 bits per heavy atom. The van der Waals surface area contributed by atoms with Crippen LogP contribution >= 0.6 is 11.3 Å². The van der Waals surface area contributed by atoms with Gasteiger partial charge in [-0.05, 0) is 48.4 Å². The molecule has 2 aromatic carbocycles. The van der Waals surface area contributed by atoms with Crippen molar-refractivity contribution in [2.45, 2.75) is 18.9 Å². The fraction of sp³-hybridized carbons (Fsp3) is 0.250. The topological polar surface area (TPSA) is 91.0 Å². The SMILES string of the molecule is C=CNC(=NC)c1sc2cc(-c3cccc(C(=O)N4CCCC(O)C4)c3)ccc2c1N. The van der Waals surface area contributed by atoms with E-state index in [0.717, 1.165) is 38.9 Å². The van der Waals surface area contributed by atoms with Gasteiger partial charge in [-0.3, -0.25) is 9.79 Å². The van der Waals surface area contributed by atoms with Gasteiger partial charge in [-0.1, -0.05) is 30.8 Å². The highest BCUT2D eigenvalue weighted by molar-refractivity contribution is 7.21. The number of nitrogen functional groups attached to an aromatic ring is 1. The second kappa shape index (κ2) is 8.91. The molecule has 31 heavy (non-hydrogen) atoms. The normalized spacial score (nSPS) is 17.0. The van der Waals surface area contributed by atoms with Crippen LogP contribution in [0.1, 0.15) is 28.1 Å². The lowest BCUT2D eigenvalue weighted by molar-refractivity contribution is 0.0474. The van der Waals surface area contributed by atoms with Crippen LogP contribution in [0.3, 0.4) is 0 Å². The Morgan fingerprint density at radius 2 is 2.13 bits per heavy atom. The maximum absolute atomic E-state index is 12.9. The third-order valence-corrected chi connectivity index (χ3v) is 6.71. The number of nitrogens with zero attached hydrogens (tertiary/aromatic N) is 2. The number of nitrogens with one attached hydrogen (secondary N) is 1. The van der Waals surface area contributed by atoms with Crippen LogP contribution in [0.15, 0.2) is 60.2 Å². The number of fused-ring (bicyclic) bond motifs is 1. The molecule has 1 aromatic heterocycles. The van der Waals surface area contributed by atoms with Crippen LogP contribution in [0.4, 0.5) is 5.69 Å². The number of carbonyl (C=O) groups excluding carboxylic acids is 1. The highest BCUT2D eigenvalue weighted by Crippen LogP contribution is 2.36. The third kappa shape index (κ3) is 4.19. The van der Waals surface area contributed by atoms with Gasteiger partial charge in [0.15, 0.2) is 0 Å². The van der Waals surface area contributed by atoms with Gasteiger partial charge in [0.2, 0.25) is 0 Å². The molecule has 1 atom stereocenters. The Labute approximate surface area is 185 Å². The Morgan fingerprint density at radius 1 is 1.32 bits per heavy atom. The third-order valence-electron chi connectivity index (χ3n) is 5.53. The van der Waals surface area contributed by atoms with Crippen LogP contribution in [0.25, 0.3) is 21.2 Å². The smallest absolute Gasteiger partial charge is 0.253 e. The van der Waals surface area contributed by atoms with Gasteiger partial charge in [-0.2, -0.15) is 0 Å². The van der Waals surface area contributed by atoms with Crippen LogP contribution in [0.5, 0.6) is 0 Å². The van der Waals surface area contributed by atoms with Crippen molar-refractivity contribution in [3.8, 4) is 11.1 Å². The van der Waals surface area contributed by atoms with Crippen molar-refractivity contribution in [3.63, 3.8) is 0 Å². The van der Waals surface area contributed by atoms with E-state index in [1.54, 1.807) is 29.5 Å². The molecule has 0 radical (unpaired) electrons. The zero-order valence-electron chi connectivity index (χ0n) is 17.5. The summed E-state index contributed by atoms with van der Waals surface area (Å²) in [5.74, 6) is 0.648. The maximum Gasteiger partial charge on any atom is 0.253 e. The quantitative estimate of drug-likeness (QED) is 0.430. The van der Waals surface area contributed by atoms with Crippen molar-refractivity contribution in [1.82, 2.24) is 10.2 Å². The number of aliphatic hydroxyl groups is 1. The molecular formula is C24H26N4O2S. The molecule has 1 amide bonds. The number of likely N-dealkylation sites (tertiary alicyclic amines) is 1. The second-order valence-corrected chi connectivity index (χ2v) is 8.66. The lowest BCUT2D eigenvalue weighted by Crippen LogP contribution is -2.42. The number of hydrogen-bond acceptors (Lipinski definition) is 5. The summed E-state index contributed by atoms with van der Waals surface area (Å²) < 4.78 is 1.05. The van der Waals surface area contributed by atoms with E-state index in [0.29, 0.717) is 30.2 Å². The van der Waals surface area contributed by atoms with Crippen molar-refractivity contribution in [1.29, 1.82) is 0 Å². The van der Waals surface area contributed by atoms with E-state index in [-0.39, 0.29) is 5.91 Å². The number of thiophene rings is 1. The molecule has 1 saturated heterocycles. The predicted molar refractivity (Wildman–Crippen MR) is 129 cm³/mol. The van der Waals surface area contributed by atoms with E-state index in [9.17, 15) is 9.90 Å². The average molecular weight is 435 g/mol. The number of hydrogen-bond donors (Lipinski definition) is 3. The van der Waals surface area contributed by atoms with E-state index >= 15 is 0 Å². The minimum Gasteiger partial charge on any atom is -0.397 e. The first kappa shape index (κ1) is 21.1. The van der Waals surface area contributed by atoms with Crippen LogP contribution in [0.2, 0.25) is 0 Å². The van der Waals surface area contributed by atoms with Crippen LogP contribution < -0.4 is 11.1 Å². The maximum atomic E-state index is 12.9. The monoisotopic (exact) mass is 434 g/mol. The highest BCUT2D eigenvalue weighted by Gasteiger charge is 2.23. The zero-order valence-corrected chi connectivity index (χ0v) is 18.3. The van der Waals surface area contributed by atoms with Crippen molar-refractivity contribution in [2.24, 2.45) is 4.99 Å². The molecule has 0 spiro atoms. The van der Waals surface area contributed by atoms with E-state index in [2.05, 4.69) is 23.0 Å². The summed E-state index contributed by atoms with van der Waals surface area (Å²) >= 11 is 1.57. The molecule has 160 valence electrons. The van der Waals surface area contributed by atoms with Crippen molar-refractivity contribution < 1.29 is 9.90 Å². The largest absolute Gasteiger partial charge is 0.397 e. The molecule has 4 rings (SSSR count). The number of anilines is 1. The number of aliphatic imine (C=N–C) groups is 1. The molecule has 2 heterocycles. The molecule has 1 unspecified atom stereocenters. The van der Waals surface area contributed by atoms with Crippen molar-refractivity contribution >= 4 is 38.9 Å². The number of piperidine rings is 1. The number of rotatable bonds is 4. The minimum absolute atomic E-state index is 0.0383. The van der Waals surface area contributed by atoms with Crippen molar-refractivity contribution in [3.05, 3.63) is 65.7 Å². The Balaban J connectivity index is 1.67. The summed E-state index contributed by atoms with van der Waals surface area (Å²) in [7, 11) is 1.71. The first-order valence-corrected chi connectivity index (χ1v) is 11.1. The summed E-state index contributed by atoms with van der Waals surface area (Å²) in [6.45, 7) is 4.78. The highest BCUT2D eigenvalue weighted by atomic mass is 32.1. The lowest BCUT2D eigenvalue weighted by atomic mass is 10.0. The number of aliphatic hydroxyl groups excluding tert-OH is 1. The fourth-order valence-electron chi connectivity index (χ4n) is 3.95. The van der Waals surface area contributed by atoms with Gasteiger partial charge in [-0.15, -0.1) is 11.3 Å². The van der Waals surface area contributed by atoms with Gasteiger partial charge in [0.1, 0.15) is 5.84 Å². The fourth-order valence-corrected chi connectivity index (χ4v) is 5.11. The van der Waals surface area contributed by atoms with Gasteiger partial charge in [0.05, 0.1) is 16.7 Å². The molecule has 1 fully saturated rings.